The van der Waals surface area contributed by atoms with Gasteiger partial charge in [0, 0.05) is 6.08 Å². The molecule has 9 heteroatoms. The summed E-state index contributed by atoms with van der Waals surface area (Å²) in [5.41, 5.74) is 0.946. The van der Waals surface area contributed by atoms with Crippen molar-refractivity contribution < 1.29 is 23.8 Å². The number of hydrogen-bond acceptors (Lipinski definition) is 7. The van der Waals surface area contributed by atoms with E-state index < -0.39 is 18.5 Å². The van der Waals surface area contributed by atoms with Crippen molar-refractivity contribution in [2.75, 3.05) is 26.1 Å². The number of carbonyl (C=O) groups excluding carboxylic acids is 2. The molecule has 0 spiro atoms. The van der Waals surface area contributed by atoms with Crippen molar-refractivity contribution in [2.24, 2.45) is 0 Å². The van der Waals surface area contributed by atoms with Gasteiger partial charge in [0.15, 0.2) is 18.1 Å². The van der Waals surface area contributed by atoms with E-state index in [1.54, 1.807) is 23.6 Å². The van der Waals surface area contributed by atoms with E-state index in [4.69, 9.17) is 31.1 Å². The molecule has 0 fully saturated rings. The summed E-state index contributed by atoms with van der Waals surface area (Å²) in [4.78, 5) is 23.6. The van der Waals surface area contributed by atoms with Gasteiger partial charge < -0.3 is 19.5 Å². The minimum Gasteiger partial charge on any atom is -0.493 e. The Morgan fingerprint density at radius 3 is 2.78 bits per heavy atom. The third-order valence-electron chi connectivity index (χ3n) is 3.25. The first kappa shape index (κ1) is 20.3. The van der Waals surface area contributed by atoms with Gasteiger partial charge in [-0.2, -0.15) is 5.26 Å². The van der Waals surface area contributed by atoms with Crippen molar-refractivity contribution in [3.05, 3.63) is 45.8 Å². The summed E-state index contributed by atoms with van der Waals surface area (Å²) in [5.74, 6) is -0.435. The van der Waals surface area contributed by atoms with Gasteiger partial charge in [0.05, 0.1) is 24.8 Å². The number of nitrogens with zero attached hydrogens (tertiary/aromatic N) is 1. The number of amides is 1. The molecule has 0 atom stereocenters. The van der Waals surface area contributed by atoms with E-state index in [2.05, 4.69) is 5.32 Å². The first-order chi connectivity index (χ1) is 13.0. The molecule has 1 aromatic heterocycles. The van der Waals surface area contributed by atoms with E-state index in [0.717, 1.165) is 6.08 Å². The number of carbonyl (C=O) groups is 2. The highest BCUT2D eigenvalue weighted by Crippen LogP contribution is 2.36. The van der Waals surface area contributed by atoms with E-state index in [1.165, 1.54) is 31.6 Å². The van der Waals surface area contributed by atoms with Crippen LogP contribution in [-0.2, 0) is 14.3 Å². The minimum atomic E-state index is -0.706. The highest BCUT2D eigenvalue weighted by molar-refractivity contribution is 7.14. The van der Waals surface area contributed by atoms with Gasteiger partial charge in [0.1, 0.15) is 11.1 Å². The summed E-state index contributed by atoms with van der Waals surface area (Å²) in [6.07, 6.45) is 2.64. The fourth-order valence-corrected chi connectivity index (χ4v) is 3.09. The number of rotatable bonds is 7. The smallest absolute Gasteiger partial charge is 0.331 e. The van der Waals surface area contributed by atoms with Crippen LogP contribution in [0.3, 0.4) is 0 Å². The van der Waals surface area contributed by atoms with Crippen LogP contribution in [-0.4, -0.2) is 32.7 Å². The van der Waals surface area contributed by atoms with Gasteiger partial charge in [-0.3, -0.25) is 4.79 Å². The lowest BCUT2D eigenvalue weighted by Gasteiger charge is -2.10. The molecule has 0 aliphatic carbocycles. The van der Waals surface area contributed by atoms with Crippen molar-refractivity contribution >= 4 is 45.9 Å². The van der Waals surface area contributed by atoms with Crippen molar-refractivity contribution in [1.82, 2.24) is 0 Å². The van der Waals surface area contributed by atoms with Crippen LogP contribution >= 0.6 is 22.9 Å². The second-order valence-corrected chi connectivity index (χ2v) is 6.33. The minimum absolute atomic E-state index is 0.327. The van der Waals surface area contributed by atoms with Crippen LogP contribution < -0.4 is 14.8 Å². The monoisotopic (exact) mass is 406 g/mol. The first-order valence-electron chi connectivity index (χ1n) is 7.52. The van der Waals surface area contributed by atoms with Crippen LogP contribution in [0.1, 0.15) is 11.1 Å². The van der Waals surface area contributed by atoms with E-state index in [-0.39, 0.29) is 0 Å². The van der Waals surface area contributed by atoms with E-state index in [1.807, 2.05) is 6.07 Å². The Hall–Kier alpha value is -3.02. The predicted molar refractivity (Wildman–Crippen MR) is 102 cm³/mol. The predicted octanol–water partition coefficient (Wildman–Crippen LogP) is 3.49. The summed E-state index contributed by atoms with van der Waals surface area (Å²) in [5, 5.41) is 13.8. The average molecular weight is 407 g/mol. The van der Waals surface area contributed by atoms with Crippen molar-refractivity contribution in [3.63, 3.8) is 0 Å². The molecule has 1 aromatic carbocycles. The third-order valence-corrected chi connectivity index (χ3v) is 4.36. The lowest BCUT2D eigenvalue weighted by molar-refractivity contribution is -0.142. The first-order valence-corrected chi connectivity index (χ1v) is 8.78. The molecule has 0 saturated heterocycles. The van der Waals surface area contributed by atoms with Crippen LogP contribution in [0, 0.1) is 11.3 Å². The zero-order valence-corrected chi connectivity index (χ0v) is 16.0. The summed E-state index contributed by atoms with van der Waals surface area (Å²) in [6, 6.07) is 6.78. The number of halogens is 1. The average Bonchev–Trinajstić information content (AvgIpc) is 3.11. The Bertz CT molecular complexity index is 917. The summed E-state index contributed by atoms with van der Waals surface area (Å²) in [7, 11) is 2.94. The van der Waals surface area contributed by atoms with Crippen molar-refractivity contribution in [1.29, 1.82) is 5.26 Å². The second-order valence-electron chi connectivity index (χ2n) is 5.00. The SMILES string of the molecule is COc1cc(/C=C/C(=O)OCC(=O)Nc2sccc2C#N)cc(Cl)c1OC. The number of thiophene rings is 1. The molecule has 1 heterocycles. The Morgan fingerprint density at radius 2 is 2.11 bits per heavy atom. The van der Waals surface area contributed by atoms with Gasteiger partial charge in [-0.25, -0.2) is 4.79 Å². The Kier molecular flexibility index (Phi) is 7.23. The third kappa shape index (κ3) is 5.48. The second kappa shape index (κ2) is 9.62. The normalized spacial score (nSPS) is 10.3. The van der Waals surface area contributed by atoms with Gasteiger partial charge >= 0.3 is 5.97 Å². The van der Waals surface area contributed by atoms with Gasteiger partial charge in [-0.1, -0.05) is 11.6 Å². The molecule has 0 saturated carbocycles. The lowest BCUT2D eigenvalue weighted by atomic mass is 10.2. The molecule has 1 amide bonds. The maximum Gasteiger partial charge on any atom is 0.331 e. The fourth-order valence-electron chi connectivity index (χ4n) is 2.04. The molecule has 7 nitrogen and oxygen atoms in total. The molecule has 2 aromatic rings. The van der Waals surface area contributed by atoms with Crippen LogP contribution in [0.25, 0.3) is 6.08 Å². The molecule has 0 bridgehead atoms. The largest absolute Gasteiger partial charge is 0.493 e. The quantitative estimate of drug-likeness (QED) is 0.558. The highest BCUT2D eigenvalue weighted by atomic mass is 35.5. The number of esters is 1. The Morgan fingerprint density at radius 1 is 1.33 bits per heavy atom. The Balaban J connectivity index is 1.93. The zero-order valence-electron chi connectivity index (χ0n) is 14.4. The summed E-state index contributed by atoms with van der Waals surface area (Å²) < 4.78 is 15.2. The number of ether oxygens (including phenoxy) is 3. The van der Waals surface area contributed by atoms with Gasteiger partial charge in [-0.05, 0) is 35.2 Å². The lowest BCUT2D eigenvalue weighted by Crippen LogP contribution is -2.19. The zero-order chi connectivity index (χ0) is 19.8. The molecule has 1 N–H and O–H groups in total. The van der Waals surface area contributed by atoms with E-state index >= 15 is 0 Å². The van der Waals surface area contributed by atoms with Gasteiger partial charge in [0.2, 0.25) is 0 Å². The highest BCUT2D eigenvalue weighted by Gasteiger charge is 2.11. The molecule has 27 heavy (non-hydrogen) atoms. The topological polar surface area (TPSA) is 97.6 Å². The van der Waals surface area contributed by atoms with Crippen LogP contribution in [0.5, 0.6) is 11.5 Å². The molecule has 0 aliphatic rings. The maximum absolute atomic E-state index is 11.8. The molecule has 0 unspecified atom stereocenters. The van der Waals surface area contributed by atoms with Crippen LogP contribution in [0.2, 0.25) is 5.02 Å². The van der Waals surface area contributed by atoms with E-state index in [0.29, 0.717) is 32.6 Å². The number of methoxy groups -OCH3 is 2. The van der Waals surface area contributed by atoms with Gasteiger partial charge in [0.25, 0.3) is 5.91 Å². The number of hydrogen-bond donors (Lipinski definition) is 1. The molecule has 0 aliphatic heterocycles. The molecule has 140 valence electrons. The number of nitriles is 1. The molecule has 2 rings (SSSR count). The molecular formula is C18H15ClN2O5S. The van der Waals surface area contributed by atoms with E-state index in [9.17, 15) is 9.59 Å². The Labute approximate surface area is 164 Å². The van der Waals surface area contributed by atoms with Crippen molar-refractivity contribution in [2.45, 2.75) is 0 Å². The van der Waals surface area contributed by atoms with Gasteiger partial charge in [-0.15, -0.1) is 11.3 Å². The molecule has 0 radical (unpaired) electrons. The number of benzene rings is 1. The molecular weight excluding hydrogens is 392 g/mol. The fraction of sp³-hybridized carbons (Fsp3) is 0.167. The maximum atomic E-state index is 11.8. The number of nitrogens with one attached hydrogen (secondary N) is 1. The standard InChI is InChI=1S/C18H15ClN2O5S/c1-24-14-8-11(7-13(19)17(14)25-2)3-4-16(23)26-10-15(22)21-18-12(9-20)5-6-27-18/h3-8H,10H2,1-2H3,(H,21,22)/b4-3+. The number of anilines is 1. The summed E-state index contributed by atoms with van der Waals surface area (Å²) in [6.45, 7) is -0.474. The van der Waals surface area contributed by atoms with Crippen LogP contribution in [0.15, 0.2) is 29.7 Å². The van der Waals surface area contributed by atoms with Crippen LogP contribution in [0.4, 0.5) is 5.00 Å². The van der Waals surface area contributed by atoms with Crippen molar-refractivity contribution in [3.8, 4) is 17.6 Å². The summed E-state index contributed by atoms with van der Waals surface area (Å²) >= 11 is 7.30.